The van der Waals surface area contributed by atoms with Gasteiger partial charge in [0.05, 0.1) is 25.8 Å². The van der Waals surface area contributed by atoms with E-state index in [9.17, 15) is 31.9 Å². The Hall–Kier alpha value is -3.96. The third-order valence-electron chi connectivity index (χ3n) is 5.81. The van der Waals surface area contributed by atoms with E-state index in [-0.39, 0.29) is 24.3 Å². The molecule has 1 saturated carbocycles. The highest BCUT2D eigenvalue weighted by molar-refractivity contribution is 5.77. The van der Waals surface area contributed by atoms with Crippen molar-refractivity contribution in [2.24, 2.45) is 5.92 Å². The molecule has 0 aliphatic heterocycles. The standard InChI is InChI=1S/C24H19F5N2O5/c1-34-17-4-2-13(3-5-17)11-35-20-19(10-30-22(31-20)24(27,28)29)36-12-23(9-18(23)21(32)33)14-6-15(25)8-16(26)7-14/h2-8,10,18H,9,11-12H2,1H3,(H,32,33). The molecular weight excluding hydrogens is 491 g/mol. The van der Waals surface area contributed by atoms with Gasteiger partial charge in [-0.2, -0.15) is 18.2 Å². The van der Waals surface area contributed by atoms with Crippen molar-refractivity contribution in [2.75, 3.05) is 13.7 Å². The maximum absolute atomic E-state index is 13.8. The van der Waals surface area contributed by atoms with Gasteiger partial charge in [0, 0.05) is 11.5 Å². The summed E-state index contributed by atoms with van der Waals surface area (Å²) in [6.45, 7) is -0.590. The van der Waals surface area contributed by atoms with Gasteiger partial charge in [0.2, 0.25) is 5.82 Å². The van der Waals surface area contributed by atoms with E-state index in [0.717, 1.165) is 18.3 Å². The number of alkyl halides is 3. The van der Waals surface area contributed by atoms with Gasteiger partial charge in [-0.15, -0.1) is 0 Å². The van der Waals surface area contributed by atoms with Crippen molar-refractivity contribution in [3.05, 3.63) is 77.2 Å². The lowest BCUT2D eigenvalue weighted by Gasteiger charge is -2.20. The predicted molar refractivity (Wildman–Crippen MR) is 114 cm³/mol. The first-order valence-electron chi connectivity index (χ1n) is 10.5. The molecular formula is C24H19F5N2O5. The number of carboxylic acid groups (broad SMARTS) is 1. The third kappa shape index (κ3) is 5.31. The first-order valence-corrected chi connectivity index (χ1v) is 10.5. The van der Waals surface area contributed by atoms with E-state index < -0.39 is 53.4 Å². The third-order valence-corrected chi connectivity index (χ3v) is 5.81. The second-order valence-corrected chi connectivity index (χ2v) is 8.20. The number of hydrogen-bond donors (Lipinski definition) is 1. The Labute approximate surface area is 201 Å². The molecule has 1 heterocycles. The average molecular weight is 510 g/mol. The highest BCUT2D eigenvalue weighted by Gasteiger charge is 2.60. The van der Waals surface area contributed by atoms with Gasteiger partial charge < -0.3 is 19.3 Å². The molecule has 3 aromatic rings. The average Bonchev–Trinajstić information content (AvgIpc) is 3.57. The molecule has 0 spiro atoms. The summed E-state index contributed by atoms with van der Waals surface area (Å²) in [6, 6.07) is 9.20. The van der Waals surface area contributed by atoms with Gasteiger partial charge in [0.15, 0.2) is 5.75 Å². The largest absolute Gasteiger partial charge is 0.497 e. The van der Waals surface area contributed by atoms with Crippen LogP contribution in [0.1, 0.15) is 23.4 Å². The number of rotatable bonds is 9. The molecule has 2 unspecified atom stereocenters. The molecule has 0 amide bonds. The molecule has 4 rings (SSSR count). The molecule has 1 aliphatic rings. The maximum Gasteiger partial charge on any atom is 0.451 e. The number of benzene rings is 2. The molecule has 0 bridgehead atoms. The normalized spacial score (nSPS) is 19.0. The van der Waals surface area contributed by atoms with Crippen LogP contribution < -0.4 is 14.2 Å². The van der Waals surface area contributed by atoms with Crippen molar-refractivity contribution in [1.82, 2.24) is 9.97 Å². The van der Waals surface area contributed by atoms with E-state index in [0.29, 0.717) is 17.4 Å². The maximum atomic E-state index is 13.8. The molecule has 0 saturated heterocycles. The van der Waals surface area contributed by atoms with Crippen molar-refractivity contribution in [3.63, 3.8) is 0 Å². The van der Waals surface area contributed by atoms with Crippen LogP contribution in [0, 0.1) is 17.6 Å². The minimum absolute atomic E-state index is 0.00869. The zero-order valence-electron chi connectivity index (χ0n) is 18.7. The summed E-state index contributed by atoms with van der Waals surface area (Å²) in [5.41, 5.74) is -0.653. The molecule has 2 aromatic carbocycles. The smallest absolute Gasteiger partial charge is 0.451 e. The van der Waals surface area contributed by atoms with E-state index in [1.165, 1.54) is 7.11 Å². The molecule has 2 atom stereocenters. The fraction of sp³-hybridized carbons (Fsp3) is 0.292. The summed E-state index contributed by atoms with van der Waals surface area (Å²) in [6.07, 6.45) is -4.09. The Morgan fingerprint density at radius 2 is 1.78 bits per heavy atom. The highest BCUT2D eigenvalue weighted by atomic mass is 19.4. The van der Waals surface area contributed by atoms with Gasteiger partial charge >= 0.3 is 12.1 Å². The number of methoxy groups -OCH3 is 1. The summed E-state index contributed by atoms with van der Waals surface area (Å²) in [5.74, 6) is -5.73. The molecule has 36 heavy (non-hydrogen) atoms. The van der Waals surface area contributed by atoms with Gasteiger partial charge in [0.25, 0.3) is 5.88 Å². The topological polar surface area (TPSA) is 90.8 Å². The SMILES string of the molecule is COc1ccc(COc2nc(C(F)(F)F)ncc2OCC2(c3cc(F)cc(F)c3)CC2C(=O)O)cc1. The van der Waals surface area contributed by atoms with Crippen molar-refractivity contribution >= 4 is 5.97 Å². The van der Waals surface area contributed by atoms with Crippen molar-refractivity contribution < 1.29 is 46.1 Å². The Bertz CT molecular complexity index is 1250. The summed E-state index contributed by atoms with van der Waals surface area (Å²) >= 11 is 0. The molecule has 1 N–H and O–H groups in total. The number of hydrogen-bond acceptors (Lipinski definition) is 6. The number of halogens is 5. The van der Waals surface area contributed by atoms with Crippen LogP contribution in [0.15, 0.2) is 48.7 Å². The van der Waals surface area contributed by atoms with Crippen LogP contribution >= 0.6 is 0 Å². The van der Waals surface area contributed by atoms with Gasteiger partial charge in [-0.3, -0.25) is 4.79 Å². The second kappa shape index (κ2) is 9.59. The number of aromatic nitrogens is 2. The van der Waals surface area contributed by atoms with Crippen LogP contribution in [0.5, 0.6) is 17.4 Å². The minimum atomic E-state index is -4.86. The van der Waals surface area contributed by atoms with Crippen LogP contribution in [-0.2, 0) is 23.0 Å². The van der Waals surface area contributed by atoms with E-state index >= 15 is 0 Å². The van der Waals surface area contributed by atoms with Gasteiger partial charge in [-0.05, 0) is 41.8 Å². The predicted octanol–water partition coefficient (Wildman–Crippen LogP) is 4.78. The summed E-state index contributed by atoms with van der Waals surface area (Å²) in [5, 5.41) is 9.49. The Kier molecular flexibility index (Phi) is 6.70. The molecule has 1 fully saturated rings. The summed E-state index contributed by atoms with van der Waals surface area (Å²) in [4.78, 5) is 18.3. The zero-order chi connectivity index (χ0) is 26.1. The molecule has 1 aliphatic carbocycles. The van der Waals surface area contributed by atoms with Crippen LogP contribution in [0.2, 0.25) is 0 Å². The van der Waals surface area contributed by atoms with Gasteiger partial charge in [0.1, 0.15) is 24.0 Å². The highest BCUT2D eigenvalue weighted by Crippen LogP contribution is 2.55. The van der Waals surface area contributed by atoms with Crippen molar-refractivity contribution in [3.8, 4) is 17.4 Å². The number of nitrogens with zero attached hydrogens (tertiary/aromatic N) is 2. The Balaban J connectivity index is 1.60. The fourth-order valence-corrected chi connectivity index (χ4v) is 3.81. The van der Waals surface area contributed by atoms with E-state index in [1.807, 2.05) is 0 Å². The quantitative estimate of drug-likeness (QED) is 0.414. The minimum Gasteiger partial charge on any atom is -0.497 e. The van der Waals surface area contributed by atoms with Crippen molar-refractivity contribution in [2.45, 2.75) is 24.6 Å². The van der Waals surface area contributed by atoms with Gasteiger partial charge in [-0.1, -0.05) is 12.1 Å². The number of carboxylic acids is 1. The molecule has 0 radical (unpaired) electrons. The van der Waals surface area contributed by atoms with Crippen LogP contribution in [0.4, 0.5) is 22.0 Å². The lowest BCUT2D eigenvalue weighted by atomic mass is 9.93. The number of carbonyl (C=O) groups is 1. The first-order chi connectivity index (χ1) is 17.0. The summed E-state index contributed by atoms with van der Waals surface area (Å²) < 4.78 is 83.4. The molecule has 190 valence electrons. The molecule has 1 aromatic heterocycles. The number of aliphatic carboxylic acids is 1. The van der Waals surface area contributed by atoms with Crippen molar-refractivity contribution in [1.29, 1.82) is 0 Å². The second-order valence-electron chi connectivity index (χ2n) is 8.20. The van der Waals surface area contributed by atoms with E-state index in [1.54, 1.807) is 24.3 Å². The first kappa shape index (κ1) is 25.1. The monoisotopic (exact) mass is 510 g/mol. The van der Waals surface area contributed by atoms with E-state index in [2.05, 4.69) is 9.97 Å². The van der Waals surface area contributed by atoms with Crippen LogP contribution in [0.25, 0.3) is 0 Å². The van der Waals surface area contributed by atoms with E-state index in [4.69, 9.17) is 14.2 Å². The zero-order valence-corrected chi connectivity index (χ0v) is 18.7. The summed E-state index contributed by atoms with van der Waals surface area (Å²) in [7, 11) is 1.48. The Morgan fingerprint density at radius 1 is 1.11 bits per heavy atom. The Morgan fingerprint density at radius 3 is 2.33 bits per heavy atom. The lowest BCUT2D eigenvalue weighted by molar-refractivity contribution is -0.145. The van der Waals surface area contributed by atoms with Gasteiger partial charge in [-0.25, -0.2) is 13.8 Å². The molecule has 12 heteroatoms. The fourth-order valence-electron chi connectivity index (χ4n) is 3.81. The van der Waals surface area contributed by atoms with Crippen LogP contribution in [0.3, 0.4) is 0 Å². The lowest BCUT2D eigenvalue weighted by Crippen LogP contribution is -2.24. The molecule has 7 nitrogen and oxygen atoms in total. The van der Waals surface area contributed by atoms with Crippen LogP contribution in [-0.4, -0.2) is 34.8 Å². The number of ether oxygens (including phenoxy) is 3.